The molecule has 0 saturated carbocycles. The Morgan fingerprint density at radius 2 is 1.43 bits per heavy atom. The van der Waals surface area contributed by atoms with Crippen LogP contribution in [0.1, 0.15) is 65.2 Å². The maximum atomic E-state index is 12.6. The van der Waals surface area contributed by atoms with Crippen molar-refractivity contribution in [3.05, 3.63) is 34.4 Å². The highest BCUT2D eigenvalue weighted by atomic mass is 16.8. The van der Waals surface area contributed by atoms with Crippen molar-refractivity contribution in [2.45, 2.75) is 163 Å². The molecule has 384 valence electrons. The van der Waals surface area contributed by atoms with E-state index in [1.54, 1.807) is 0 Å². The molecule has 0 aliphatic carbocycles. The Morgan fingerprint density at radius 1 is 0.824 bits per heavy atom. The van der Waals surface area contributed by atoms with Crippen molar-refractivity contribution in [2.75, 3.05) is 26.4 Å². The fourth-order valence-electron chi connectivity index (χ4n) is 7.74. The number of unbranched alkanes of at least 4 members (excludes halogenated alkanes) is 2. The van der Waals surface area contributed by atoms with Gasteiger partial charge in [-0.25, -0.2) is 4.79 Å². The molecule has 27 heteroatoms. The number of carboxylic acids is 1. The number of nitro groups is 1. The molecule has 12 N–H and O–H groups in total. The van der Waals surface area contributed by atoms with Crippen LogP contribution >= 0.6 is 0 Å². The second kappa shape index (κ2) is 26.0. The van der Waals surface area contributed by atoms with E-state index in [4.69, 9.17) is 33.2 Å². The van der Waals surface area contributed by atoms with Crippen LogP contribution in [0.15, 0.2) is 24.3 Å². The van der Waals surface area contributed by atoms with E-state index in [1.807, 2.05) is 0 Å². The number of aliphatic carboxylic acids is 1. The lowest BCUT2D eigenvalue weighted by atomic mass is 9.88. The highest BCUT2D eigenvalue weighted by Crippen LogP contribution is 2.36. The predicted octanol–water partition coefficient (Wildman–Crippen LogP) is -4.24. The second-order valence-corrected chi connectivity index (χ2v) is 16.5. The number of carboxylic acid groups (broad SMARTS) is 1. The number of non-ortho nitro benzene ring substituents is 1. The van der Waals surface area contributed by atoms with Crippen molar-refractivity contribution in [1.29, 1.82) is 0 Å². The Labute approximate surface area is 387 Å². The number of carbonyl (C=O) groups is 5. The van der Waals surface area contributed by atoms with Gasteiger partial charge in [0.1, 0.15) is 78.6 Å². The molecule has 0 aromatic heterocycles. The molecule has 4 rings (SSSR count). The van der Waals surface area contributed by atoms with E-state index < -0.39 is 153 Å². The van der Waals surface area contributed by atoms with Crippen LogP contribution in [0.25, 0.3) is 0 Å². The van der Waals surface area contributed by atoms with Gasteiger partial charge in [0, 0.05) is 58.3 Å². The summed E-state index contributed by atoms with van der Waals surface area (Å²) in [6, 6.07) is 2.11. The summed E-state index contributed by atoms with van der Waals surface area (Å²) in [4.78, 5) is 71.5. The minimum Gasteiger partial charge on any atom is -0.477 e. The number of esters is 1. The quantitative estimate of drug-likeness (QED) is 0.0145. The van der Waals surface area contributed by atoms with E-state index in [1.165, 1.54) is 24.3 Å². The van der Waals surface area contributed by atoms with Crippen molar-refractivity contribution in [1.82, 2.24) is 10.6 Å². The number of benzene rings is 1. The molecule has 7 unspecified atom stereocenters. The van der Waals surface area contributed by atoms with Gasteiger partial charge < -0.3 is 94.9 Å². The summed E-state index contributed by atoms with van der Waals surface area (Å²) in [5.41, 5.74) is -0.154. The van der Waals surface area contributed by atoms with Gasteiger partial charge in [-0.1, -0.05) is 0 Å². The third-order valence-electron chi connectivity index (χ3n) is 11.3. The number of Topliss-reactive ketones (excluding diaryl/α,β-unsaturated/α-hetero) is 1. The molecule has 27 nitrogen and oxygen atoms in total. The van der Waals surface area contributed by atoms with E-state index in [-0.39, 0.29) is 43.1 Å². The molecule has 0 bridgehead atoms. The van der Waals surface area contributed by atoms with Gasteiger partial charge in [0.05, 0.1) is 36.9 Å². The third kappa shape index (κ3) is 15.0. The fraction of sp³-hybridized carbons (Fsp3) is 0.732. The van der Waals surface area contributed by atoms with Gasteiger partial charge in [-0.2, -0.15) is 0 Å². The smallest absolute Gasteiger partial charge is 0.364 e. The van der Waals surface area contributed by atoms with Gasteiger partial charge in [-0.15, -0.1) is 0 Å². The summed E-state index contributed by atoms with van der Waals surface area (Å²) in [7, 11) is 0. The fourth-order valence-corrected chi connectivity index (χ4v) is 7.74. The number of carbonyl (C=O) groups excluding carboxylic acids is 4. The van der Waals surface area contributed by atoms with E-state index in [0.717, 1.165) is 13.8 Å². The van der Waals surface area contributed by atoms with E-state index >= 15 is 0 Å². The molecule has 3 aliphatic heterocycles. The number of amides is 2. The lowest BCUT2D eigenvalue weighted by Gasteiger charge is -2.48. The van der Waals surface area contributed by atoms with Crippen LogP contribution in [0.5, 0.6) is 5.75 Å². The van der Waals surface area contributed by atoms with Crippen molar-refractivity contribution in [2.24, 2.45) is 0 Å². The normalized spacial score (nSPS) is 32.6. The zero-order valence-corrected chi connectivity index (χ0v) is 37.1. The molecule has 0 radical (unpaired) electrons. The molecule has 1 aromatic rings. The Kier molecular flexibility index (Phi) is 21.4. The number of hydrogen-bond acceptors (Lipinski definition) is 23. The first-order valence-electron chi connectivity index (χ1n) is 21.7. The minimum absolute atomic E-state index is 0.0205. The molecule has 3 heterocycles. The number of aliphatic hydroxyl groups excluding tert-OH is 9. The van der Waals surface area contributed by atoms with Crippen molar-refractivity contribution in [3.8, 4) is 5.75 Å². The Balaban J connectivity index is 1.32. The van der Waals surface area contributed by atoms with Gasteiger partial charge in [-0.05, 0) is 37.8 Å². The van der Waals surface area contributed by atoms with Crippen molar-refractivity contribution >= 4 is 35.2 Å². The Bertz CT molecular complexity index is 1840. The molecule has 3 saturated heterocycles. The number of ketones is 1. The molecular formula is C41H61N3O24. The summed E-state index contributed by atoms with van der Waals surface area (Å²) >= 11 is 0. The van der Waals surface area contributed by atoms with Crippen LogP contribution in [0.4, 0.5) is 5.69 Å². The maximum absolute atomic E-state index is 12.6. The van der Waals surface area contributed by atoms with Crippen LogP contribution in [0.2, 0.25) is 0 Å². The molecule has 1 aromatic carbocycles. The number of rotatable bonds is 25. The summed E-state index contributed by atoms with van der Waals surface area (Å²) in [6.07, 6.45) is -23.1. The molecule has 2 amide bonds. The van der Waals surface area contributed by atoms with Crippen molar-refractivity contribution in [3.63, 3.8) is 0 Å². The largest absolute Gasteiger partial charge is 0.477 e. The molecular weight excluding hydrogens is 918 g/mol. The first-order valence-corrected chi connectivity index (χ1v) is 21.7. The van der Waals surface area contributed by atoms with E-state index in [9.17, 15) is 85.2 Å². The lowest BCUT2D eigenvalue weighted by Crippen LogP contribution is -2.69. The molecule has 3 fully saturated rings. The standard InChI is InChI=1S/C41H61N3O24/c1-19(47)42-29-24(50)15-41(40(58)59,68-37(29)31(53)25(51)16-45)63-18-27-32(54)34(56)35(57)39(66-27)67-36-26(17-46)65-38(30(33(36)55)43-20(2)48)62-14-6-5-8-22(49)7-3-4-9-28(52)64-23-12-10-21(11-13-23)44(60)61/h10-13,24-27,29-39,45-46,50-51,53-57H,3-9,14-18H2,1-2H3,(H,42,47)(H,43,48)(H,58,59)/t24-,25?,26?,27?,29+,30?,31?,32-,33+,34-,35?,36-,37?,38+,39-,41+/m0/s1. The predicted molar refractivity (Wildman–Crippen MR) is 221 cm³/mol. The van der Waals surface area contributed by atoms with E-state index in [0.29, 0.717) is 25.7 Å². The van der Waals surface area contributed by atoms with Gasteiger partial charge in [0.25, 0.3) is 11.5 Å². The van der Waals surface area contributed by atoms with Crippen LogP contribution in [0.3, 0.4) is 0 Å². The van der Waals surface area contributed by atoms with Gasteiger partial charge >= 0.3 is 11.9 Å². The topological polar surface area (TPSA) is 419 Å². The Morgan fingerprint density at radius 3 is 2.01 bits per heavy atom. The van der Waals surface area contributed by atoms with Gasteiger partial charge in [0.2, 0.25) is 11.8 Å². The molecule has 16 atom stereocenters. The highest BCUT2D eigenvalue weighted by molar-refractivity contribution is 5.78. The minimum atomic E-state index is -2.89. The van der Waals surface area contributed by atoms with Crippen LogP contribution in [-0.2, 0) is 52.4 Å². The first-order chi connectivity index (χ1) is 32.1. The molecule has 3 aliphatic rings. The van der Waals surface area contributed by atoms with Crippen molar-refractivity contribution < 1.29 is 113 Å². The number of nitrogens with one attached hydrogen (secondary N) is 2. The van der Waals surface area contributed by atoms with Crippen LogP contribution in [0, 0.1) is 10.1 Å². The first kappa shape index (κ1) is 56.2. The number of nitrogens with zero attached hydrogens (tertiary/aromatic N) is 1. The van der Waals surface area contributed by atoms with E-state index in [2.05, 4.69) is 10.6 Å². The third-order valence-corrected chi connectivity index (χ3v) is 11.3. The zero-order chi connectivity index (χ0) is 50.5. The zero-order valence-electron chi connectivity index (χ0n) is 37.1. The number of ether oxygens (including phenoxy) is 7. The summed E-state index contributed by atoms with van der Waals surface area (Å²) in [5.74, 6) is -6.68. The average Bonchev–Trinajstić information content (AvgIpc) is 3.29. The Hall–Kier alpha value is -4.43. The second-order valence-electron chi connectivity index (χ2n) is 16.5. The number of aliphatic hydroxyl groups is 9. The summed E-state index contributed by atoms with van der Waals surface area (Å²) in [5, 5.41) is 121. The van der Waals surface area contributed by atoms with Crippen LogP contribution < -0.4 is 15.4 Å². The van der Waals surface area contributed by atoms with Gasteiger partial charge in [-0.3, -0.25) is 29.3 Å². The average molecular weight is 980 g/mol. The number of nitro benzene ring substituents is 1. The SMILES string of the molecule is CC(=O)NC1[C@H](OCCCCC(=O)CCCCC(=O)Oc2ccc([N+](=O)[O-])cc2)OC(CO)[C@H](O[C@@H]2OC(CO[C@]3(C(=O)O)C[C@H](O)[C@@H](NC(C)=O)C(C(O)C(O)CO)O3)[C@H](O)[C@H](O)C2O)[C@@H]1O. The molecule has 0 spiro atoms. The summed E-state index contributed by atoms with van der Waals surface area (Å²) < 4.78 is 39.4. The van der Waals surface area contributed by atoms with Crippen LogP contribution in [-0.4, -0.2) is 210 Å². The lowest BCUT2D eigenvalue weighted by molar-refractivity contribution is -0.384. The highest BCUT2D eigenvalue weighted by Gasteiger charge is 2.57. The van der Waals surface area contributed by atoms with Gasteiger partial charge in [0.15, 0.2) is 12.6 Å². The maximum Gasteiger partial charge on any atom is 0.364 e. The molecule has 68 heavy (non-hydrogen) atoms. The number of hydrogen-bond donors (Lipinski definition) is 12. The summed E-state index contributed by atoms with van der Waals surface area (Å²) in [6.45, 7) is -0.782. The monoisotopic (exact) mass is 979 g/mol.